The predicted octanol–water partition coefficient (Wildman–Crippen LogP) is -4.72. The summed E-state index contributed by atoms with van der Waals surface area (Å²) in [6, 6.07) is -2.73. The number of aliphatic hydroxyl groups is 4. The number of aliphatic hydroxyl groups excluding tert-OH is 3. The van der Waals surface area contributed by atoms with E-state index in [1.165, 1.54) is 6.92 Å². The molecule has 3 rings (SSSR count). The number of likely N-dealkylation sites (N-methyl/N-ethyl adjacent to an activating group) is 1. The van der Waals surface area contributed by atoms with Crippen LogP contribution < -0.4 is 33.2 Å². The zero-order valence-electron chi connectivity index (χ0n) is 22.5. The van der Waals surface area contributed by atoms with Crippen molar-refractivity contribution in [1.29, 1.82) is 0 Å². The molecule has 0 aromatic heterocycles. The van der Waals surface area contributed by atoms with Crippen LogP contribution in [-0.2, 0) is 23.7 Å². The van der Waals surface area contributed by atoms with Gasteiger partial charge < -0.3 is 72.5 Å². The highest BCUT2D eigenvalue weighted by molar-refractivity contribution is 5.47. The van der Waals surface area contributed by atoms with E-state index in [9.17, 15) is 25.2 Å². The number of carbonyl (C=O) groups is 1. The average molecular weight is 563 g/mol. The summed E-state index contributed by atoms with van der Waals surface area (Å²) in [5.74, 6) is 0.567. The molecule has 0 aromatic carbocycles. The maximum Gasteiger partial charge on any atom is 0.215 e. The summed E-state index contributed by atoms with van der Waals surface area (Å²) >= 11 is 0. The van der Waals surface area contributed by atoms with E-state index in [-0.39, 0.29) is 13.0 Å². The molecule has 12 atom stereocenters. The molecule has 226 valence electrons. The van der Waals surface area contributed by atoms with Gasteiger partial charge in [-0.25, -0.2) is 0 Å². The fourth-order valence-electron chi connectivity index (χ4n) is 5.28. The van der Waals surface area contributed by atoms with E-state index >= 15 is 0 Å². The number of hydrogen-bond donors (Lipinski definition) is 10. The van der Waals surface area contributed by atoms with Crippen molar-refractivity contribution < 1.29 is 44.2 Å². The third-order valence-corrected chi connectivity index (χ3v) is 7.44. The largest absolute Gasteiger partial charge is 0.467 e. The van der Waals surface area contributed by atoms with Gasteiger partial charge in [-0.3, -0.25) is 4.79 Å². The fourth-order valence-corrected chi connectivity index (χ4v) is 5.28. The molecule has 1 aliphatic carbocycles. The SMILES string of the molecule is CN[C@@H]1[C@@H](O)[C@@H](O[C@H]2[C@H](NC=O)C[C@H](N)C(O[C@H]3OC(CNCC(O)CCN)=CC[C@H]3N)[C@@H]2O)OC[C@]1(C)O. The highest BCUT2D eigenvalue weighted by Crippen LogP contribution is 2.31. The summed E-state index contributed by atoms with van der Waals surface area (Å²) in [5, 5.41) is 51.1. The Bertz CT molecular complexity index is 808. The summed E-state index contributed by atoms with van der Waals surface area (Å²) in [6.07, 6.45) is -3.98. The van der Waals surface area contributed by atoms with Gasteiger partial charge in [-0.05, 0) is 45.9 Å². The fraction of sp³-hybridized carbons (Fsp3) is 0.875. The summed E-state index contributed by atoms with van der Waals surface area (Å²) in [5.41, 5.74) is 16.7. The van der Waals surface area contributed by atoms with Gasteiger partial charge in [0.2, 0.25) is 12.7 Å². The van der Waals surface area contributed by atoms with Crippen molar-refractivity contribution in [1.82, 2.24) is 16.0 Å². The molecule has 15 nitrogen and oxygen atoms in total. The summed E-state index contributed by atoms with van der Waals surface area (Å²) < 4.78 is 23.6. The zero-order valence-corrected chi connectivity index (χ0v) is 22.5. The molecule has 0 spiro atoms. The average Bonchev–Trinajstić information content (AvgIpc) is 2.87. The van der Waals surface area contributed by atoms with E-state index in [1.54, 1.807) is 7.05 Å². The topological polar surface area (TPSA) is 249 Å². The minimum absolute atomic E-state index is 0.134. The second-order valence-electron chi connectivity index (χ2n) is 10.7. The smallest absolute Gasteiger partial charge is 0.215 e. The Labute approximate surface area is 228 Å². The minimum Gasteiger partial charge on any atom is -0.467 e. The van der Waals surface area contributed by atoms with Crippen LogP contribution in [0, 0.1) is 0 Å². The lowest BCUT2D eigenvalue weighted by molar-refractivity contribution is -0.304. The van der Waals surface area contributed by atoms with E-state index in [0.717, 1.165) is 0 Å². The molecule has 1 saturated carbocycles. The van der Waals surface area contributed by atoms with Gasteiger partial charge in [0, 0.05) is 12.6 Å². The van der Waals surface area contributed by atoms with Crippen LogP contribution in [0.3, 0.4) is 0 Å². The number of nitrogens with one attached hydrogen (secondary N) is 3. The molecular formula is C24H46N6O9. The first-order valence-corrected chi connectivity index (χ1v) is 13.4. The molecule has 39 heavy (non-hydrogen) atoms. The van der Waals surface area contributed by atoms with Crippen LogP contribution in [0.15, 0.2) is 11.8 Å². The Morgan fingerprint density at radius 3 is 2.59 bits per heavy atom. The van der Waals surface area contributed by atoms with Crippen LogP contribution in [0.4, 0.5) is 0 Å². The van der Waals surface area contributed by atoms with Gasteiger partial charge in [0.25, 0.3) is 0 Å². The van der Waals surface area contributed by atoms with Crippen LogP contribution in [0.2, 0.25) is 0 Å². The van der Waals surface area contributed by atoms with E-state index in [2.05, 4.69) is 16.0 Å². The first-order valence-electron chi connectivity index (χ1n) is 13.4. The predicted molar refractivity (Wildman–Crippen MR) is 139 cm³/mol. The summed E-state index contributed by atoms with van der Waals surface area (Å²) in [7, 11) is 1.59. The number of carbonyl (C=O) groups excluding carboxylic acids is 1. The molecule has 2 unspecified atom stereocenters. The van der Waals surface area contributed by atoms with Crippen molar-refractivity contribution in [2.45, 2.75) is 99.1 Å². The van der Waals surface area contributed by atoms with E-state index in [0.29, 0.717) is 44.6 Å². The van der Waals surface area contributed by atoms with E-state index < -0.39 is 72.9 Å². The number of nitrogens with two attached hydrogens (primary N) is 3. The molecule has 13 N–H and O–H groups in total. The van der Waals surface area contributed by atoms with Gasteiger partial charge in [-0.15, -0.1) is 0 Å². The highest BCUT2D eigenvalue weighted by Gasteiger charge is 2.51. The van der Waals surface area contributed by atoms with Gasteiger partial charge in [-0.1, -0.05) is 0 Å². The normalized spacial score (nSPS) is 41.8. The maximum absolute atomic E-state index is 11.3. The van der Waals surface area contributed by atoms with E-state index in [1.807, 2.05) is 6.08 Å². The Hall–Kier alpha value is -1.47. The standard InChI is InChI=1S/C24H46N6O9/c1-24(35)10-36-23(18(34)21(24)28-2)39-20-16(30-11-31)7-15(27)19(17(20)33)38-22-14(26)4-3-13(37-22)9-29-8-12(32)5-6-25/h3,11-12,14-23,28-29,32-35H,4-10,25-27H2,1-2H3,(H,30,31)/t12?,14-,15+,16-,17+,18-,19?,20+,21-,22-,23-,24+/m1/s1. The summed E-state index contributed by atoms with van der Waals surface area (Å²) in [4.78, 5) is 11.3. The van der Waals surface area contributed by atoms with E-state index in [4.69, 9.17) is 36.1 Å². The van der Waals surface area contributed by atoms with Crippen LogP contribution in [-0.4, -0.2) is 133 Å². The molecule has 0 aromatic rings. The molecule has 0 bridgehead atoms. The monoisotopic (exact) mass is 562 g/mol. The van der Waals surface area contributed by atoms with Crippen molar-refractivity contribution in [3.8, 4) is 0 Å². The van der Waals surface area contributed by atoms with Crippen molar-refractivity contribution >= 4 is 6.41 Å². The molecule has 2 aliphatic heterocycles. The Morgan fingerprint density at radius 1 is 1.21 bits per heavy atom. The third-order valence-electron chi connectivity index (χ3n) is 7.44. The molecule has 2 heterocycles. The van der Waals surface area contributed by atoms with Crippen LogP contribution in [0.5, 0.6) is 0 Å². The minimum atomic E-state index is -1.36. The molecular weight excluding hydrogens is 516 g/mol. The lowest BCUT2D eigenvalue weighted by Crippen LogP contribution is -2.69. The highest BCUT2D eigenvalue weighted by atomic mass is 16.7. The Morgan fingerprint density at radius 2 is 1.92 bits per heavy atom. The Balaban J connectivity index is 1.67. The Kier molecular flexibility index (Phi) is 11.9. The number of ether oxygens (including phenoxy) is 4. The number of hydrogen-bond acceptors (Lipinski definition) is 14. The molecule has 2 fully saturated rings. The molecule has 1 amide bonds. The first kappa shape index (κ1) is 32.0. The number of rotatable bonds is 13. The van der Waals surface area contributed by atoms with Crippen molar-refractivity contribution in [2.24, 2.45) is 17.2 Å². The zero-order chi connectivity index (χ0) is 28.7. The summed E-state index contributed by atoms with van der Waals surface area (Å²) in [6.45, 7) is 2.44. The second kappa shape index (κ2) is 14.4. The second-order valence-corrected chi connectivity index (χ2v) is 10.7. The van der Waals surface area contributed by atoms with Gasteiger partial charge in [0.15, 0.2) is 6.29 Å². The van der Waals surface area contributed by atoms with Gasteiger partial charge in [-0.2, -0.15) is 0 Å². The van der Waals surface area contributed by atoms with Gasteiger partial charge >= 0.3 is 0 Å². The quantitative estimate of drug-likeness (QED) is 0.0947. The third kappa shape index (κ3) is 8.06. The first-order chi connectivity index (χ1) is 18.5. The van der Waals surface area contributed by atoms with Crippen LogP contribution >= 0.6 is 0 Å². The molecule has 15 heteroatoms. The van der Waals surface area contributed by atoms with Crippen molar-refractivity contribution in [3.05, 3.63) is 11.8 Å². The van der Waals surface area contributed by atoms with Gasteiger partial charge in [0.05, 0.1) is 37.4 Å². The lowest BCUT2D eigenvalue weighted by atomic mass is 9.83. The van der Waals surface area contributed by atoms with Gasteiger partial charge in [0.1, 0.15) is 35.8 Å². The number of amides is 1. The van der Waals surface area contributed by atoms with Crippen LogP contribution in [0.1, 0.15) is 26.2 Å². The molecule has 0 radical (unpaired) electrons. The van der Waals surface area contributed by atoms with Crippen LogP contribution in [0.25, 0.3) is 0 Å². The van der Waals surface area contributed by atoms with Crippen molar-refractivity contribution in [3.63, 3.8) is 0 Å². The molecule has 1 saturated heterocycles. The maximum atomic E-state index is 11.3. The molecule has 3 aliphatic rings. The lowest BCUT2D eigenvalue weighted by Gasteiger charge is -2.48. The van der Waals surface area contributed by atoms with Crippen molar-refractivity contribution in [2.75, 3.05) is 33.3 Å².